The van der Waals surface area contributed by atoms with Crippen molar-refractivity contribution >= 4 is 10.1 Å². The van der Waals surface area contributed by atoms with Crippen molar-refractivity contribution in [2.24, 2.45) is 0 Å². The lowest BCUT2D eigenvalue weighted by molar-refractivity contribution is 0.307. The van der Waals surface area contributed by atoms with E-state index in [2.05, 4.69) is 20.4 Å². The molecule has 0 aromatic heterocycles. The SMILES string of the molecule is C=CC.CCCCCCCCCCCCS(=O)(=O)OCCCCC.N. The Labute approximate surface area is 158 Å². The third-order valence-electron chi connectivity index (χ3n) is 3.76. The van der Waals surface area contributed by atoms with E-state index in [-0.39, 0.29) is 11.9 Å². The number of hydrogen-bond acceptors (Lipinski definition) is 4. The van der Waals surface area contributed by atoms with Crippen LogP contribution in [-0.4, -0.2) is 20.8 Å². The highest BCUT2D eigenvalue weighted by Crippen LogP contribution is 2.11. The van der Waals surface area contributed by atoms with Crippen molar-refractivity contribution < 1.29 is 12.6 Å². The lowest BCUT2D eigenvalue weighted by atomic mass is 10.1. The zero-order valence-electron chi connectivity index (χ0n) is 17.2. The third kappa shape index (κ3) is 28.7. The van der Waals surface area contributed by atoms with Gasteiger partial charge in [0.15, 0.2) is 0 Å². The van der Waals surface area contributed by atoms with Crippen LogP contribution >= 0.6 is 0 Å². The molecular formula is C20H45NO3S. The lowest BCUT2D eigenvalue weighted by Gasteiger charge is -2.05. The second-order valence-electron chi connectivity index (χ2n) is 6.38. The van der Waals surface area contributed by atoms with E-state index in [4.69, 9.17) is 4.18 Å². The normalized spacial score (nSPS) is 10.5. The van der Waals surface area contributed by atoms with Crippen molar-refractivity contribution in [3.8, 4) is 0 Å². The minimum atomic E-state index is -3.27. The molecule has 0 fully saturated rings. The molecule has 0 unspecified atom stereocenters. The highest BCUT2D eigenvalue weighted by Gasteiger charge is 2.09. The summed E-state index contributed by atoms with van der Waals surface area (Å²) >= 11 is 0. The van der Waals surface area contributed by atoms with Crippen LogP contribution in [0.25, 0.3) is 0 Å². The summed E-state index contributed by atoms with van der Waals surface area (Å²) in [5.41, 5.74) is 0. The predicted molar refractivity (Wildman–Crippen MR) is 112 cm³/mol. The standard InChI is InChI=1S/C17H36O3S.C3H6.H3N/c1-3-5-7-8-9-10-11-12-13-15-17-21(18,19)20-16-14-6-4-2;1-3-2;/h3-17H2,1-2H3;3H,1H2,2H3;1H3. The Morgan fingerprint density at radius 1 is 0.760 bits per heavy atom. The van der Waals surface area contributed by atoms with E-state index in [9.17, 15) is 8.42 Å². The molecule has 0 bridgehead atoms. The first-order chi connectivity index (χ1) is 11.5. The van der Waals surface area contributed by atoms with E-state index < -0.39 is 10.1 Å². The van der Waals surface area contributed by atoms with E-state index >= 15 is 0 Å². The maximum Gasteiger partial charge on any atom is 0.267 e. The molecule has 3 N–H and O–H groups in total. The summed E-state index contributed by atoms with van der Waals surface area (Å²) in [5.74, 6) is 0.190. The van der Waals surface area contributed by atoms with Crippen LogP contribution in [0, 0.1) is 0 Å². The minimum Gasteiger partial charge on any atom is -0.344 e. The first-order valence-electron chi connectivity index (χ1n) is 9.98. The molecule has 4 nitrogen and oxygen atoms in total. The molecule has 0 aliphatic heterocycles. The number of allylic oxidation sites excluding steroid dienone is 1. The fourth-order valence-corrected chi connectivity index (χ4v) is 3.41. The van der Waals surface area contributed by atoms with Crippen LogP contribution in [0.2, 0.25) is 0 Å². The minimum absolute atomic E-state index is 0. The lowest BCUT2D eigenvalue weighted by Crippen LogP contribution is -2.11. The topological polar surface area (TPSA) is 78.4 Å². The predicted octanol–water partition coefficient (Wildman–Crippen LogP) is 6.80. The van der Waals surface area contributed by atoms with E-state index in [1.807, 2.05) is 6.92 Å². The second kappa shape index (κ2) is 23.6. The van der Waals surface area contributed by atoms with E-state index in [0.29, 0.717) is 6.61 Å². The van der Waals surface area contributed by atoms with Gasteiger partial charge in [-0.3, -0.25) is 4.18 Å². The van der Waals surface area contributed by atoms with Gasteiger partial charge in [0, 0.05) is 0 Å². The molecular weight excluding hydrogens is 334 g/mol. The third-order valence-corrected chi connectivity index (χ3v) is 5.07. The van der Waals surface area contributed by atoms with Gasteiger partial charge in [-0.25, -0.2) is 0 Å². The molecule has 0 aromatic carbocycles. The van der Waals surface area contributed by atoms with Gasteiger partial charge in [0.1, 0.15) is 0 Å². The molecule has 0 atom stereocenters. The molecule has 0 amide bonds. The van der Waals surface area contributed by atoms with Crippen LogP contribution in [0.3, 0.4) is 0 Å². The van der Waals surface area contributed by atoms with Gasteiger partial charge in [-0.1, -0.05) is 90.6 Å². The molecule has 0 rings (SSSR count). The largest absolute Gasteiger partial charge is 0.344 e. The Balaban J connectivity index is -0.00000112. The van der Waals surface area contributed by atoms with Gasteiger partial charge in [0.2, 0.25) is 0 Å². The zero-order valence-corrected chi connectivity index (χ0v) is 18.0. The van der Waals surface area contributed by atoms with Crippen molar-refractivity contribution in [3.63, 3.8) is 0 Å². The number of hydrogen-bond donors (Lipinski definition) is 1. The smallest absolute Gasteiger partial charge is 0.267 e. The molecule has 0 aliphatic carbocycles. The molecule has 25 heavy (non-hydrogen) atoms. The highest BCUT2D eigenvalue weighted by molar-refractivity contribution is 7.86. The number of rotatable bonds is 16. The Hall–Kier alpha value is -0.390. The Morgan fingerprint density at radius 3 is 1.56 bits per heavy atom. The summed E-state index contributed by atoms with van der Waals surface area (Å²) in [6.07, 6.45) is 16.9. The van der Waals surface area contributed by atoms with Crippen molar-refractivity contribution in [3.05, 3.63) is 12.7 Å². The van der Waals surface area contributed by atoms with E-state index in [0.717, 1.165) is 38.5 Å². The summed E-state index contributed by atoms with van der Waals surface area (Å²) in [6, 6.07) is 0. The fraction of sp³-hybridized carbons (Fsp3) is 0.900. The summed E-state index contributed by atoms with van der Waals surface area (Å²) in [7, 11) is -3.27. The highest BCUT2D eigenvalue weighted by atomic mass is 32.2. The monoisotopic (exact) mass is 379 g/mol. The molecule has 0 saturated heterocycles. The first-order valence-corrected chi connectivity index (χ1v) is 11.6. The van der Waals surface area contributed by atoms with Gasteiger partial charge in [0.05, 0.1) is 12.4 Å². The molecule has 0 spiro atoms. The Morgan fingerprint density at radius 2 is 1.12 bits per heavy atom. The average Bonchev–Trinajstić information content (AvgIpc) is 2.54. The maximum absolute atomic E-state index is 11.6. The van der Waals surface area contributed by atoms with Gasteiger partial charge in [-0.15, -0.1) is 6.58 Å². The van der Waals surface area contributed by atoms with Crippen molar-refractivity contribution in [1.29, 1.82) is 0 Å². The van der Waals surface area contributed by atoms with Crippen LogP contribution in [0.15, 0.2) is 12.7 Å². The maximum atomic E-state index is 11.6. The molecule has 0 radical (unpaired) electrons. The van der Waals surface area contributed by atoms with E-state index in [1.54, 1.807) is 6.08 Å². The molecule has 0 aliphatic rings. The Kier molecular flexibility index (Phi) is 27.7. The van der Waals surface area contributed by atoms with Crippen LogP contribution < -0.4 is 6.15 Å². The molecule has 0 heterocycles. The van der Waals surface area contributed by atoms with Crippen LogP contribution in [0.1, 0.15) is 104 Å². The summed E-state index contributed by atoms with van der Waals surface area (Å²) < 4.78 is 28.2. The van der Waals surface area contributed by atoms with Gasteiger partial charge in [-0.2, -0.15) is 8.42 Å². The van der Waals surface area contributed by atoms with Crippen molar-refractivity contribution in [1.82, 2.24) is 6.15 Å². The van der Waals surface area contributed by atoms with Gasteiger partial charge < -0.3 is 6.15 Å². The van der Waals surface area contributed by atoms with Crippen LogP contribution in [0.5, 0.6) is 0 Å². The summed E-state index contributed by atoms with van der Waals surface area (Å²) in [5, 5.41) is 0. The van der Waals surface area contributed by atoms with Gasteiger partial charge >= 0.3 is 0 Å². The van der Waals surface area contributed by atoms with Gasteiger partial charge in [0.25, 0.3) is 10.1 Å². The fourth-order valence-electron chi connectivity index (χ4n) is 2.36. The quantitative estimate of drug-likeness (QED) is 0.182. The van der Waals surface area contributed by atoms with Crippen molar-refractivity contribution in [2.75, 3.05) is 12.4 Å². The average molecular weight is 380 g/mol. The zero-order chi connectivity index (χ0) is 18.5. The second-order valence-corrected chi connectivity index (χ2v) is 8.14. The van der Waals surface area contributed by atoms with Crippen molar-refractivity contribution in [2.45, 2.75) is 104 Å². The Bertz CT molecular complexity index is 343. The molecule has 5 heteroatoms. The van der Waals surface area contributed by atoms with Gasteiger partial charge in [-0.05, 0) is 19.8 Å². The first kappa shape index (κ1) is 29.4. The molecule has 154 valence electrons. The summed E-state index contributed by atoms with van der Waals surface area (Å²) in [6.45, 7) is 9.94. The van der Waals surface area contributed by atoms with Crippen LogP contribution in [-0.2, 0) is 14.3 Å². The molecule has 0 aromatic rings. The van der Waals surface area contributed by atoms with E-state index in [1.165, 1.54) is 44.9 Å². The van der Waals surface area contributed by atoms with Crippen LogP contribution in [0.4, 0.5) is 0 Å². The molecule has 0 saturated carbocycles. The number of unbranched alkanes of at least 4 members (excludes halogenated alkanes) is 11. The summed E-state index contributed by atoms with van der Waals surface area (Å²) in [4.78, 5) is 0.